The van der Waals surface area contributed by atoms with Crippen molar-refractivity contribution in [2.75, 3.05) is 57.9 Å². The van der Waals surface area contributed by atoms with Crippen LogP contribution in [-0.2, 0) is 0 Å². The first-order chi connectivity index (χ1) is 15.2. The minimum atomic E-state index is -0.0709. The molecule has 0 radical (unpaired) electrons. The summed E-state index contributed by atoms with van der Waals surface area (Å²) in [5, 5.41) is 4.07. The van der Waals surface area contributed by atoms with Crippen LogP contribution in [0.15, 0.2) is 42.5 Å². The summed E-state index contributed by atoms with van der Waals surface area (Å²) in [7, 11) is 1.60. The molecule has 1 aliphatic rings. The lowest BCUT2D eigenvalue weighted by Crippen LogP contribution is -2.48. The van der Waals surface area contributed by atoms with Gasteiger partial charge in [-0.3, -0.25) is 9.69 Å². The second-order valence-electron chi connectivity index (χ2n) is 7.38. The van der Waals surface area contributed by atoms with E-state index in [1.165, 1.54) is 0 Å². The summed E-state index contributed by atoms with van der Waals surface area (Å²) in [4.78, 5) is 21.9. The lowest BCUT2D eigenvalue weighted by atomic mass is 10.2. The first-order valence-electron chi connectivity index (χ1n) is 10.6. The number of nitrogens with one attached hydrogen (secondary N) is 1. The highest BCUT2D eigenvalue weighted by atomic mass is 32.1. The maximum absolute atomic E-state index is 12.3. The van der Waals surface area contributed by atoms with Crippen molar-refractivity contribution in [3.8, 4) is 11.5 Å². The molecule has 2 heterocycles. The summed E-state index contributed by atoms with van der Waals surface area (Å²) >= 11 is 1.72. The Morgan fingerprint density at radius 1 is 1.13 bits per heavy atom. The van der Waals surface area contributed by atoms with E-state index < -0.39 is 0 Å². The van der Waals surface area contributed by atoms with Gasteiger partial charge in [0.15, 0.2) is 5.13 Å². The Balaban J connectivity index is 1.25. The van der Waals surface area contributed by atoms with E-state index in [-0.39, 0.29) is 5.91 Å². The Morgan fingerprint density at radius 2 is 1.97 bits per heavy atom. The van der Waals surface area contributed by atoms with Gasteiger partial charge < -0.3 is 19.7 Å². The highest BCUT2D eigenvalue weighted by Gasteiger charge is 2.20. The fourth-order valence-electron chi connectivity index (χ4n) is 3.64. The van der Waals surface area contributed by atoms with E-state index >= 15 is 0 Å². The quantitative estimate of drug-likeness (QED) is 0.580. The third-order valence-corrected chi connectivity index (χ3v) is 6.43. The minimum absolute atomic E-state index is 0.0709. The monoisotopic (exact) mass is 440 g/mol. The number of anilines is 1. The van der Waals surface area contributed by atoms with Gasteiger partial charge in [-0.1, -0.05) is 17.4 Å². The van der Waals surface area contributed by atoms with Gasteiger partial charge in [-0.2, -0.15) is 0 Å². The molecule has 0 saturated carbocycles. The number of fused-ring (bicyclic) bond motifs is 1. The number of nitrogens with zero attached hydrogens (tertiary/aromatic N) is 3. The fourth-order valence-corrected chi connectivity index (χ4v) is 4.69. The first-order valence-corrected chi connectivity index (χ1v) is 11.4. The Hall–Kier alpha value is -2.84. The molecule has 8 heteroatoms. The summed E-state index contributed by atoms with van der Waals surface area (Å²) in [6.07, 6.45) is 0. The van der Waals surface area contributed by atoms with Crippen molar-refractivity contribution in [2.45, 2.75) is 6.92 Å². The van der Waals surface area contributed by atoms with E-state index in [2.05, 4.69) is 21.2 Å². The highest BCUT2D eigenvalue weighted by Crippen LogP contribution is 2.31. The van der Waals surface area contributed by atoms with Gasteiger partial charge in [-0.15, -0.1) is 0 Å². The molecule has 1 amide bonds. The molecule has 1 N–H and O–H groups in total. The number of hydrogen-bond donors (Lipinski definition) is 1. The number of carbonyl (C=O) groups excluding carboxylic acids is 1. The van der Waals surface area contributed by atoms with Gasteiger partial charge in [-0.05, 0) is 43.3 Å². The van der Waals surface area contributed by atoms with Crippen LogP contribution in [0, 0.1) is 0 Å². The molecule has 0 aliphatic carbocycles. The standard InChI is InChI=1S/C23H28N4O3S/c1-3-30-19-7-8-20-21(16-19)31-23(25-20)27-13-11-26(12-14-27)10-9-24-22(28)17-5-4-6-18(15-17)29-2/h4-8,15-16H,3,9-14H2,1-2H3,(H,24,28). The molecular weight excluding hydrogens is 412 g/mol. The molecule has 0 spiro atoms. The van der Waals surface area contributed by atoms with Gasteiger partial charge in [0.25, 0.3) is 5.91 Å². The van der Waals surface area contributed by atoms with Gasteiger partial charge in [0.05, 0.1) is 23.9 Å². The zero-order chi connectivity index (χ0) is 21.6. The average molecular weight is 441 g/mol. The lowest BCUT2D eigenvalue weighted by Gasteiger charge is -2.34. The maximum Gasteiger partial charge on any atom is 0.251 e. The normalized spacial score (nSPS) is 14.6. The maximum atomic E-state index is 12.3. The van der Waals surface area contributed by atoms with Crippen molar-refractivity contribution >= 4 is 32.6 Å². The van der Waals surface area contributed by atoms with Gasteiger partial charge in [0, 0.05) is 44.8 Å². The summed E-state index contributed by atoms with van der Waals surface area (Å²) < 4.78 is 11.9. The number of benzene rings is 2. The number of carbonyl (C=O) groups is 1. The number of amides is 1. The van der Waals surface area contributed by atoms with E-state index in [0.717, 1.165) is 53.8 Å². The van der Waals surface area contributed by atoms with E-state index in [4.69, 9.17) is 14.5 Å². The van der Waals surface area contributed by atoms with Gasteiger partial charge in [0.1, 0.15) is 11.5 Å². The zero-order valence-electron chi connectivity index (χ0n) is 18.0. The molecule has 0 unspecified atom stereocenters. The molecule has 0 atom stereocenters. The van der Waals surface area contributed by atoms with Gasteiger partial charge in [0.2, 0.25) is 0 Å². The molecular formula is C23H28N4O3S. The molecule has 1 aromatic heterocycles. The molecule has 4 rings (SSSR count). The van der Waals surface area contributed by atoms with Crippen molar-refractivity contribution < 1.29 is 14.3 Å². The smallest absolute Gasteiger partial charge is 0.251 e. The predicted molar refractivity (Wildman–Crippen MR) is 125 cm³/mol. The van der Waals surface area contributed by atoms with E-state index in [1.807, 2.05) is 31.2 Å². The Bertz CT molecular complexity index is 1030. The molecule has 2 aromatic carbocycles. The molecule has 7 nitrogen and oxygen atoms in total. The van der Waals surface area contributed by atoms with E-state index in [0.29, 0.717) is 24.5 Å². The average Bonchev–Trinajstić information content (AvgIpc) is 3.23. The third kappa shape index (κ3) is 5.26. The van der Waals surface area contributed by atoms with Crippen molar-refractivity contribution in [3.63, 3.8) is 0 Å². The Kier molecular flexibility index (Phi) is 6.89. The van der Waals surface area contributed by atoms with Crippen LogP contribution in [0.4, 0.5) is 5.13 Å². The SMILES string of the molecule is CCOc1ccc2nc(N3CCN(CCNC(=O)c4cccc(OC)c4)CC3)sc2c1. The number of rotatable bonds is 8. The van der Waals surface area contributed by atoms with Crippen LogP contribution in [0.5, 0.6) is 11.5 Å². The highest BCUT2D eigenvalue weighted by molar-refractivity contribution is 7.22. The Labute approximate surface area is 186 Å². The van der Waals surface area contributed by atoms with Gasteiger partial charge >= 0.3 is 0 Å². The first kappa shape index (κ1) is 21.4. The summed E-state index contributed by atoms with van der Waals surface area (Å²) in [5.74, 6) is 1.51. The second-order valence-corrected chi connectivity index (χ2v) is 8.38. The summed E-state index contributed by atoms with van der Waals surface area (Å²) in [6, 6.07) is 13.3. The molecule has 164 valence electrons. The van der Waals surface area contributed by atoms with Crippen LogP contribution < -0.4 is 19.7 Å². The molecule has 0 bridgehead atoms. The fraction of sp³-hybridized carbons (Fsp3) is 0.391. The second kappa shape index (κ2) is 9.98. The van der Waals surface area contributed by atoms with Crippen LogP contribution in [0.1, 0.15) is 17.3 Å². The van der Waals surface area contributed by atoms with Crippen molar-refractivity contribution in [1.29, 1.82) is 0 Å². The largest absolute Gasteiger partial charge is 0.497 e. The van der Waals surface area contributed by atoms with Crippen molar-refractivity contribution in [1.82, 2.24) is 15.2 Å². The zero-order valence-corrected chi connectivity index (χ0v) is 18.8. The van der Waals surface area contributed by atoms with Gasteiger partial charge in [-0.25, -0.2) is 4.98 Å². The predicted octanol–water partition coefficient (Wildman–Crippen LogP) is 3.26. The number of thiazole rings is 1. The summed E-state index contributed by atoms with van der Waals surface area (Å²) in [5.41, 5.74) is 1.64. The van der Waals surface area contributed by atoms with Crippen molar-refractivity contribution in [3.05, 3.63) is 48.0 Å². The van der Waals surface area contributed by atoms with Crippen LogP contribution in [0.2, 0.25) is 0 Å². The molecule has 31 heavy (non-hydrogen) atoms. The Morgan fingerprint density at radius 3 is 2.74 bits per heavy atom. The van der Waals surface area contributed by atoms with Crippen LogP contribution >= 0.6 is 11.3 Å². The van der Waals surface area contributed by atoms with E-state index in [9.17, 15) is 4.79 Å². The molecule has 1 saturated heterocycles. The summed E-state index contributed by atoms with van der Waals surface area (Å²) in [6.45, 7) is 7.89. The van der Waals surface area contributed by atoms with Crippen LogP contribution in [0.25, 0.3) is 10.2 Å². The molecule has 3 aromatic rings. The van der Waals surface area contributed by atoms with Crippen LogP contribution in [0.3, 0.4) is 0 Å². The molecule has 1 fully saturated rings. The van der Waals surface area contributed by atoms with E-state index in [1.54, 1.807) is 30.6 Å². The number of piperazine rings is 1. The van der Waals surface area contributed by atoms with Crippen LogP contribution in [-0.4, -0.2) is 68.8 Å². The minimum Gasteiger partial charge on any atom is -0.497 e. The number of aromatic nitrogens is 1. The molecule has 1 aliphatic heterocycles. The number of ether oxygens (including phenoxy) is 2. The van der Waals surface area contributed by atoms with Crippen molar-refractivity contribution in [2.24, 2.45) is 0 Å². The third-order valence-electron chi connectivity index (χ3n) is 5.35. The lowest BCUT2D eigenvalue weighted by molar-refractivity contribution is 0.0947. The number of methoxy groups -OCH3 is 1. The number of hydrogen-bond acceptors (Lipinski definition) is 7. The topological polar surface area (TPSA) is 66.9 Å².